The summed E-state index contributed by atoms with van der Waals surface area (Å²) in [5.41, 5.74) is 1.13. The molecule has 0 radical (unpaired) electrons. The summed E-state index contributed by atoms with van der Waals surface area (Å²) in [6.45, 7) is 0.646. The van der Waals surface area contributed by atoms with E-state index in [1.807, 2.05) is 44.4 Å². The molecule has 0 aromatic heterocycles. The molecule has 3 nitrogen and oxygen atoms in total. The van der Waals surface area contributed by atoms with E-state index in [4.69, 9.17) is 4.74 Å². The highest BCUT2D eigenvalue weighted by Crippen LogP contribution is 2.10. The van der Waals surface area contributed by atoms with Gasteiger partial charge in [0.15, 0.2) is 0 Å². The van der Waals surface area contributed by atoms with Crippen LogP contribution in [0.25, 0.3) is 0 Å². The number of hydrogen-bond acceptors (Lipinski definition) is 2. The Morgan fingerprint density at radius 3 is 2.27 bits per heavy atom. The third-order valence-corrected chi connectivity index (χ3v) is 2.09. The lowest BCUT2D eigenvalue weighted by Gasteiger charge is -2.24. The lowest BCUT2D eigenvalue weighted by Crippen LogP contribution is -3.00. The fourth-order valence-electron chi connectivity index (χ4n) is 1.35. The number of benzene rings is 1. The van der Waals surface area contributed by atoms with Gasteiger partial charge in [-0.1, -0.05) is 30.3 Å². The van der Waals surface area contributed by atoms with Gasteiger partial charge in [-0.05, 0) is 0 Å². The summed E-state index contributed by atoms with van der Waals surface area (Å²) in [6, 6.07) is 9.90. The summed E-state index contributed by atoms with van der Waals surface area (Å²) in [7, 11) is 5.07. The van der Waals surface area contributed by atoms with Gasteiger partial charge in [-0.15, -0.1) is 0 Å². The molecule has 1 aromatic carbocycles. The fourth-order valence-corrected chi connectivity index (χ4v) is 1.35. The van der Waals surface area contributed by atoms with Crippen LogP contribution >= 0.6 is 0 Å². The molecule has 0 N–H and O–H groups in total. The maximum absolute atomic E-state index is 11.4. The third-order valence-electron chi connectivity index (χ3n) is 2.09. The third kappa shape index (κ3) is 3.90. The van der Waals surface area contributed by atoms with Gasteiger partial charge in [0.25, 0.3) is 0 Å². The van der Waals surface area contributed by atoms with Gasteiger partial charge in [-0.25, -0.2) is 4.48 Å². The summed E-state index contributed by atoms with van der Waals surface area (Å²) >= 11 is 0. The van der Waals surface area contributed by atoms with Crippen molar-refractivity contribution in [2.24, 2.45) is 0 Å². The van der Waals surface area contributed by atoms with Crippen molar-refractivity contribution < 1.29 is 26.4 Å². The van der Waals surface area contributed by atoms with Crippen molar-refractivity contribution in [1.82, 2.24) is 0 Å². The molecule has 1 amide bonds. The molecule has 0 saturated heterocycles. The molecule has 0 aliphatic carbocycles. The molecule has 1 aromatic rings. The highest BCUT2D eigenvalue weighted by atomic mass is 35.5. The summed E-state index contributed by atoms with van der Waals surface area (Å²) < 4.78 is 4.93. The molecular formula is C11H16ClNO2. The van der Waals surface area contributed by atoms with E-state index >= 15 is 0 Å². The van der Waals surface area contributed by atoms with Crippen LogP contribution in [-0.2, 0) is 11.3 Å². The van der Waals surface area contributed by atoms with E-state index in [9.17, 15) is 4.79 Å². The van der Waals surface area contributed by atoms with Gasteiger partial charge < -0.3 is 17.1 Å². The molecule has 0 atom stereocenters. The Hall–Kier alpha value is -1.06. The van der Waals surface area contributed by atoms with E-state index in [-0.39, 0.29) is 23.0 Å². The first-order valence-corrected chi connectivity index (χ1v) is 4.51. The Bertz CT molecular complexity index is 312. The molecule has 0 unspecified atom stereocenters. The Morgan fingerprint density at radius 1 is 1.27 bits per heavy atom. The lowest BCUT2D eigenvalue weighted by molar-refractivity contribution is -0.830. The second-order valence-electron chi connectivity index (χ2n) is 3.80. The van der Waals surface area contributed by atoms with Crippen molar-refractivity contribution in [3.05, 3.63) is 35.9 Å². The number of carbonyl (C=O) groups excluding carboxylic acids is 1. The van der Waals surface area contributed by atoms with Gasteiger partial charge in [-0.3, -0.25) is 0 Å². The summed E-state index contributed by atoms with van der Waals surface area (Å²) in [5.74, 6) is 0. The number of hydrogen-bond donors (Lipinski definition) is 0. The second-order valence-corrected chi connectivity index (χ2v) is 3.80. The minimum atomic E-state index is -0.228. The molecule has 0 aliphatic heterocycles. The van der Waals surface area contributed by atoms with E-state index in [1.165, 1.54) is 7.11 Å². The zero-order valence-electron chi connectivity index (χ0n) is 9.24. The van der Waals surface area contributed by atoms with Crippen molar-refractivity contribution in [1.29, 1.82) is 0 Å². The van der Waals surface area contributed by atoms with Crippen LogP contribution in [-0.4, -0.2) is 31.8 Å². The predicted octanol–water partition coefficient (Wildman–Crippen LogP) is -0.967. The van der Waals surface area contributed by atoms with Gasteiger partial charge >= 0.3 is 6.09 Å². The number of ether oxygens (including phenoxy) is 1. The van der Waals surface area contributed by atoms with E-state index in [1.54, 1.807) is 0 Å². The van der Waals surface area contributed by atoms with Gasteiger partial charge in [0.1, 0.15) is 6.54 Å². The van der Waals surface area contributed by atoms with Crippen LogP contribution in [0.3, 0.4) is 0 Å². The Balaban J connectivity index is 0.00000196. The molecular weight excluding hydrogens is 214 g/mol. The average molecular weight is 230 g/mol. The van der Waals surface area contributed by atoms with Gasteiger partial charge in [0, 0.05) is 5.56 Å². The Labute approximate surface area is 96.7 Å². The molecule has 0 spiro atoms. The van der Waals surface area contributed by atoms with Crippen molar-refractivity contribution in [2.45, 2.75) is 6.54 Å². The number of halogens is 1. The first kappa shape index (κ1) is 13.9. The monoisotopic (exact) mass is 229 g/mol. The minimum absolute atomic E-state index is 0. The maximum Gasteiger partial charge on any atom is 0.515 e. The first-order valence-electron chi connectivity index (χ1n) is 4.51. The maximum atomic E-state index is 11.4. The molecule has 0 heterocycles. The van der Waals surface area contributed by atoms with Crippen LogP contribution in [0.15, 0.2) is 30.3 Å². The van der Waals surface area contributed by atoms with E-state index in [0.717, 1.165) is 5.56 Å². The molecule has 0 fully saturated rings. The Kier molecular flexibility index (Phi) is 5.33. The summed E-state index contributed by atoms with van der Waals surface area (Å²) in [6.07, 6.45) is -0.228. The van der Waals surface area contributed by atoms with Crippen LogP contribution in [0.4, 0.5) is 4.79 Å². The summed E-state index contributed by atoms with van der Waals surface area (Å²) in [4.78, 5) is 11.4. The second kappa shape index (κ2) is 5.73. The van der Waals surface area contributed by atoms with Crippen LogP contribution in [0.5, 0.6) is 0 Å². The topological polar surface area (TPSA) is 26.3 Å². The number of methoxy groups -OCH3 is 1. The molecule has 1 rings (SSSR count). The lowest BCUT2D eigenvalue weighted by atomic mass is 10.2. The standard InChI is InChI=1S/C11H16NO2.ClH/c1-12(2,11(13)14-3)9-10-7-5-4-6-8-10;/h4-8H,9H2,1-3H3;1H/q+1;/p-1. The first-order chi connectivity index (χ1) is 6.56. The summed E-state index contributed by atoms with van der Waals surface area (Å²) in [5, 5.41) is 0. The predicted molar refractivity (Wildman–Crippen MR) is 54.7 cm³/mol. The molecule has 84 valence electrons. The van der Waals surface area contributed by atoms with Crippen molar-refractivity contribution in [3.8, 4) is 0 Å². The minimum Gasteiger partial charge on any atom is -1.00 e. The normalized spacial score (nSPS) is 10.3. The largest absolute Gasteiger partial charge is 1.00 e. The quantitative estimate of drug-likeness (QED) is 0.611. The molecule has 0 aliphatic rings. The number of quaternary nitrogens is 1. The van der Waals surface area contributed by atoms with Crippen molar-refractivity contribution in [2.75, 3.05) is 21.2 Å². The zero-order chi connectivity index (χ0) is 10.6. The van der Waals surface area contributed by atoms with Crippen LogP contribution in [0.2, 0.25) is 0 Å². The number of carbonyl (C=O) groups is 1. The number of amides is 1. The molecule has 0 saturated carbocycles. The van der Waals surface area contributed by atoms with Gasteiger partial charge in [0.05, 0.1) is 21.2 Å². The fraction of sp³-hybridized carbons (Fsp3) is 0.364. The van der Waals surface area contributed by atoms with Gasteiger partial charge in [0.2, 0.25) is 0 Å². The molecule has 4 heteroatoms. The SMILES string of the molecule is COC(=O)[N+](C)(C)Cc1ccccc1.[Cl-]. The number of nitrogens with zero attached hydrogens (tertiary/aromatic N) is 1. The van der Waals surface area contributed by atoms with E-state index < -0.39 is 0 Å². The number of rotatable bonds is 2. The van der Waals surface area contributed by atoms with Crippen LogP contribution < -0.4 is 12.4 Å². The van der Waals surface area contributed by atoms with E-state index in [2.05, 4.69) is 0 Å². The Morgan fingerprint density at radius 2 is 1.80 bits per heavy atom. The van der Waals surface area contributed by atoms with Gasteiger partial charge in [-0.2, -0.15) is 4.79 Å². The zero-order valence-corrected chi connectivity index (χ0v) is 9.99. The smallest absolute Gasteiger partial charge is 0.515 e. The van der Waals surface area contributed by atoms with Crippen molar-refractivity contribution in [3.63, 3.8) is 0 Å². The highest BCUT2D eigenvalue weighted by Gasteiger charge is 2.27. The highest BCUT2D eigenvalue weighted by molar-refractivity contribution is 5.58. The van der Waals surface area contributed by atoms with Crippen molar-refractivity contribution >= 4 is 6.09 Å². The van der Waals surface area contributed by atoms with E-state index in [0.29, 0.717) is 6.54 Å². The molecule has 15 heavy (non-hydrogen) atoms. The van der Waals surface area contributed by atoms with Crippen LogP contribution in [0.1, 0.15) is 5.56 Å². The molecule has 0 bridgehead atoms. The average Bonchev–Trinajstić information content (AvgIpc) is 2.17. The van der Waals surface area contributed by atoms with Crippen LogP contribution in [0, 0.1) is 0 Å².